The van der Waals surface area contributed by atoms with Gasteiger partial charge in [0.2, 0.25) is 0 Å². The highest BCUT2D eigenvalue weighted by atomic mass is 35.5. The summed E-state index contributed by atoms with van der Waals surface area (Å²) in [6.45, 7) is 1.82. The first-order valence-corrected chi connectivity index (χ1v) is 11.9. The third-order valence-electron chi connectivity index (χ3n) is 6.03. The van der Waals surface area contributed by atoms with Crippen LogP contribution in [0.4, 0.5) is 0 Å². The minimum Gasteiger partial charge on any atom is -0.469 e. The average Bonchev–Trinajstić information content (AvgIpc) is 2.89. The molecular formula is C30H26ClNO3. The maximum absolute atomic E-state index is 13.0. The molecule has 0 fully saturated rings. The molecule has 1 unspecified atom stereocenters. The topological polar surface area (TPSA) is 56.3 Å². The number of halogens is 1. The average molecular weight is 484 g/mol. The number of ketones is 1. The predicted molar refractivity (Wildman–Crippen MR) is 142 cm³/mol. The molecule has 5 heteroatoms. The van der Waals surface area contributed by atoms with Gasteiger partial charge < -0.3 is 4.74 Å². The summed E-state index contributed by atoms with van der Waals surface area (Å²) in [4.78, 5) is 29.6. The Kier molecular flexibility index (Phi) is 7.74. The van der Waals surface area contributed by atoms with Crippen LogP contribution in [0.1, 0.15) is 52.0 Å². The molecule has 176 valence electrons. The molecule has 1 aromatic heterocycles. The molecule has 4 rings (SSSR count). The van der Waals surface area contributed by atoms with E-state index in [0.29, 0.717) is 23.4 Å². The Balaban J connectivity index is 1.46. The van der Waals surface area contributed by atoms with Crippen LogP contribution in [0, 0.1) is 0 Å². The van der Waals surface area contributed by atoms with Crippen LogP contribution < -0.4 is 0 Å². The van der Waals surface area contributed by atoms with Crippen LogP contribution >= 0.6 is 11.6 Å². The second-order valence-corrected chi connectivity index (χ2v) is 8.84. The largest absolute Gasteiger partial charge is 0.469 e. The Bertz CT molecular complexity index is 1410. The van der Waals surface area contributed by atoms with Crippen molar-refractivity contribution in [3.63, 3.8) is 0 Å². The van der Waals surface area contributed by atoms with Crippen molar-refractivity contribution in [2.24, 2.45) is 0 Å². The zero-order valence-corrected chi connectivity index (χ0v) is 20.5. The number of nitrogens with zero attached hydrogens (tertiary/aromatic N) is 1. The van der Waals surface area contributed by atoms with E-state index in [1.54, 1.807) is 0 Å². The number of carbonyl (C=O) groups is 2. The molecule has 0 saturated heterocycles. The number of Topliss-reactive ketones (excluding diaryl/α,β-unsaturated/α-hetero) is 1. The number of aromatic nitrogens is 1. The second kappa shape index (κ2) is 11.1. The summed E-state index contributed by atoms with van der Waals surface area (Å²) in [5.74, 6) is -0.606. The van der Waals surface area contributed by atoms with Gasteiger partial charge in [-0.3, -0.25) is 9.59 Å². The van der Waals surface area contributed by atoms with E-state index in [0.717, 1.165) is 33.3 Å². The van der Waals surface area contributed by atoms with Gasteiger partial charge in [-0.2, -0.15) is 0 Å². The van der Waals surface area contributed by atoms with Crippen LogP contribution in [0.15, 0.2) is 78.9 Å². The van der Waals surface area contributed by atoms with Gasteiger partial charge in [0.1, 0.15) is 0 Å². The molecule has 0 aliphatic heterocycles. The zero-order chi connectivity index (χ0) is 24.8. The van der Waals surface area contributed by atoms with Crippen LogP contribution in [0.5, 0.6) is 0 Å². The van der Waals surface area contributed by atoms with E-state index in [9.17, 15) is 9.59 Å². The van der Waals surface area contributed by atoms with Crippen molar-refractivity contribution in [2.75, 3.05) is 7.11 Å². The summed E-state index contributed by atoms with van der Waals surface area (Å²) in [5.41, 5.74) is 5.11. The number of methoxy groups -OCH3 is 1. The van der Waals surface area contributed by atoms with Gasteiger partial charge >= 0.3 is 5.97 Å². The lowest BCUT2D eigenvalue weighted by atomic mass is 9.92. The highest BCUT2D eigenvalue weighted by Gasteiger charge is 2.19. The minimum atomic E-state index is -0.375. The van der Waals surface area contributed by atoms with Crippen LogP contribution in [-0.2, 0) is 16.0 Å². The first-order valence-electron chi connectivity index (χ1n) is 11.5. The van der Waals surface area contributed by atoms with E-state index in [2.05, 4.69) is 4.98 Å². The molecule has 0 spiro atoms. The third-order valence-corrected chi connectivity index (χ3v) is 6.26. The SMILES string of the molecule is COC(=O)C(C)c1ccccc1CCC(=O)c1cccc(/C=C/c2ccc3ccc(Cl)cc3n2)c1. The van der Waals surface area contributed by atoms with Crippen molar-refractivity contribution >= 4 is 46.4 Å². The van der Waals surface area contributed by atoms with Crippen LogP contribution in [0.25, 0.3) is 23.1 Å². The molecule has 0 saturated carbocycles. The first-order chi connectivity index (χ1) is 16.9. The third kappa shape index (κ3) is 6.03. The van der Waals surface area contributed by atoms with Crippen molar-refractivity contribution in [1.82, 2.24) is 4.98 Å². The fourth-order valence-corrected chi connectivity index (χ4v) is 4.24. The molecule has 0 bridgehead atoms. The Morgan fingerprint density at radius 3 is 2.60 bits per heavy atom. The summed E-state index contributed by atoms with van der Waals surface area (Å²) in [5, 5.41) is 1.68. The van der Waals surface area contributed by atoms with Crippen LogP contribution in [0.3, 0.4) is 0 Å². The molecule has 1 atom stereocenters. The Morgan fingerprint density at radius 2 is 1.77 bits per heavy atom. The predicted octanol–water partition coefficient (Wildman–Crippen LogP) is 7.15. The molecule has 1 heterocycles. The number of carbonyl (C=O) groups excluding carboxylic acids is 2. The van der Waals surface area contributed by atoms with Gasteiger partial charge in [-0.1, -0.05) is 72.3 Å². The fourth-order valence-electron chi connectivity index (χ4n) is 4.08. The lowest BCUT2D eigenvalue weighted by Gasteiger charge is -2.14. The summed E-state index contributed by atoms with van der Waals surface area (Å²) in [7, 11) is 1.39. The molecule has 0 amide bonds. The molecule has 0 radical (unpaired) electrons. The fraction of sp³-hybridized carbons (Fsp3) is 0.167. The summed E-state index contributed by atoms with van der Waals surface area (Å²) < 4.78 is 4.89. The molecule has 0 aliphatic carbocycles. The van der Waals surface area contributed by atoms with E-state index in [-0.39, 0.29) is 17.7 Å². The standard InChI is InChI=1S/C30H26ClNO3/c1-20(30(34)35-2)27-9-4-3-7-22(27)13-17-29(33)24-8-5-6-21(18-24)10-15-26-16-12-23-11-14-25(31)19-28(23)32-26/h3-12,14-16,18-20H,13,17H2,1-2H3/b15-10+. The van der Waals surface area contributed by atoms with Crippen LogP contribution in [0.2, 0.25) is 5.02 Å². The van der Waals surface area contributed by atoms with Gasteiger partial charge in [0.25, 0.3) is 0 Å². The Labute approximate surface area is 210 Å². The quantitative estimate of drug-likeness (QED) is 0.197. The van der Waals surface area contributed by atoms with E-state index >= 15 is 0 Å². The number of ether oxygens (including phenoxy) is 1. The normalized spacial score (nSPS) is 12.1. The monoisotopic (exact) mass is 483 g/mol. The minimum absolute atomic E-state index is 0.0549. The highest BCUT2D eigenvalue weighted by Crippen LogP contribution is 2.23. The van der Waals surface area contributed by atoms with Crippen molar-refractivity contribution in [1.29, 1.82) is 0 Å². The van der Waals surface area contributed by atoms with Gasteiger partial charge in [-0.25, -0.2) is 4.98 Å². The number of rotatable bonds is 8. The molecule has 35 heavy (non-hydrogen) atoms. The number of aryl methyl sites for hydroxylation is 1. The summed E-state index contributed by atoms with van der Waals surface area (Å²) in [6, 6.07) is 24.9. The maximum atomic E-state index is 13.0. The van der Waals surface area contributed by atoms with E-state index in [4.69, 9.17) is 16.3 Å². The Hall–Kier alpha value is -3.76. The lowest BCUT2D eigenvalue weighted by molar-refractivity contribution is -0.142. The van der Waals surface area contributed by atoms with Gasteiger partial charge in [0, 0.05) is 22.4 Å². The van der Waals surface area contributed by atoms with Crippen molar-refractivity contribution in [2.45, 2.75) is 25.7 Å². The second-order valence-electron chi connectivity index (χ2n) is 8.40. The number of benzene rings is 3. The lowest BCUT2D eigenvalue weighted by Crippen LogP contribution is -2.13. The Morgan fingerprint density at radius 1 is 0.971 bits per heavy atom. The molecule has 3 aromatic carbocycles. The van der Waals surface area contributed by atoms with E-state index < -0.39 is 0 Å². The molecule has 0 N–H and O–H groups in total. The number of esters is 1. The van der Waals surface area contributed by atoms with Crippen molar-refractivity contribution in [3.8, 4) is 0 Å². The maximum Gasteiger partial charge on any atom is 0.312 e. The smallest absolute Gasteiger partial charge is 0.312 e. The van der Waals surface area contributed by atoms with Crippen molar-refractivity contribution in [3.05, 3.63) is 112 Å². The van der Waals surface area contributed by atoms with Crippen LogP contribution in [-0.4, -0.2) is 23.8 Å². The zero-order valence-electron chi connectivity index (χ0n) is 19.7. The number of pyridine rings is 1. The van der Waals surface area contributed by atoms with E-state index in [1.165, 1.54) is 7.11 Å². The number of fused-ring (bicyclic) bond motifs is 1. The van der Waals surface area contributed by atoms with Gasteiger partial charge in [0.15, 0.2) is 5.78 Å². The molecular weight excluding hydrogens is 458 g/mol. The first kappa shape index (κ1) is 24.4. The van der Waals surface area contributed by atoms with Crippen molar-refractivity contribution < 1.29 is 14.3 Å². The van der Waals surface area contributed by atoms with Gasteiger partial charge in [0.05, 0.1) is 24.2 Å². The number of hydrogen-bond acceptors (Lipinski definition) is 4. The summed E-state index contributed by atoms with van der Waals surface area (Å²) in [6.07, 6.45) is 4.78. The molecule has 4 aromatic rings. The van der Waals surface area contributed by atoms with E-state index in [1.807, 2.05) is 97.9 Å². The molecule has 0 aliphatic rings. The number of hydrogen-bond donors (Lipinski definition) is 0. The molecule has 4 nitrogen and oxygen atoms in total. The van der Waals surface area contributed by atoms with Gasteiger partial charge in [-0.15, -0.1) is 0 Å². The highest BCUT2D eigenvalue weighted by molar-refractivity contribution is 6.31. The summed E-state index contributed by atoms with van der Waals surface area (Å²) >= 11 is 6.09. The van der Waals surface area contributed by atoms with Gasteiger partial charge in [-0.05, 0) is 60.4 Å².